The lowest BCUT2D eigenvalue weighted by molar-refractivity contribution is -0.152. The van der Waals surface area contributed by atoms with E-state index in [2.05, 4.69) is 19.2 Å². The summed E-state index contributed by atoms with van der Waals surface area (Å²) in [5.41, 5.74) is 0. The van der Waals surface area contributed by atoms with Crippen molar-refractivity contribution >= 4 is 23.8 Å². The Bertz CT molecular complexity index is 638. The first kappa shape index (κ1) is 35.9. The molecule has 0 aromatic heterocycles. The van der Waals surface area contributed by atoms with Gasteiger partial charge in [-0.15, -0.1) is 0 Å². The topological polar surface area (TPSA) is 130 Å². The van der Waals surface area contributed by atoms with Gasteiger partial charge in [0, 0.05) is 6.42 Å². The minimum absolute atomic E-state index is 0.163. The molecule has 0 heterocycles. The van der Waals surface area contributed by atoms with E-state index >= 15 is 0 Å². The van der Waals surface area contributed by atoms with E-state index in [1.165, 1.54) is 77.0 Å². The molecule has 1 amide bonds. The van der Waals surface area contributed by atoms with Gasteiger partial charge < -0.3 is 20.3 Å². The molecule has 222 valence electrons. The quantitative estimate of drug-likeness (QED) is 0.0742. The lowest BCUT2D eigenvalue weighted by Crippen LogP contribution is -2.43. The van der Waals surface area contributed by atoms with Crippen molar-refractivity contribution in [1.29, 1.82) is 0 Å². The molecule has 0 aliphatic carbocycles. The molecule has 0 saturated carbocycles. The summed E-state index contributed by atoms with van der Waals surface area (Å²) in [6.07, 6.45) is 20.0. The van der Waals surface area contributed by atoms with Crippen molar-refractivity contribution in [2.45, 2.75) is 167 Å². The van der Waals surface area contributed by atoms with Crippen LogP contribution in [-0.2, 0) is 23.9 Å². The number of carboxylic acids is 2. The van der Waals surface area contributed by atoms with Gasteiger partial charge in [0.05, 0.1) is 12.8 Å². The summed E-state index contributed by atoms with van der Waals surface area (Å²) < 4.78 is 5.62. The number of aliphatic carboxylic acids is 2. The van der Waals surface area contributed by atoms with E-state index in [1.807, 2.05) is 0 Å². The van der Waals surface area contributed by atoms with E-state index in [1.54, 1.807) is 0 Å². The Hall–Kier alpha value is -2.12. The zero-order chi connectivity index (χ0) is 28.4. The Kier molecular flexibility index (Phi) is 23.8. The fourth-order valence-corrected chi connectivity index (χ4v) is 4.54. The fraction of sp³-hybridized carbons (Fsp3) is 0.867. The number of esters is 1. The van der Waals surface area contributed by atoms with Gasteiger partial charge in [-0.2, -0.15) is 0 Å². The van der Waals surface area contributed by atoms with Crippen LogP contribution >= 0.6 is 0 Å². The molecule has 0 spiro atoms. The fourth-order valence-electron chi connectivity index (χ4n) is 4.54. The van der Waals surface area contributed by atoms with E-state index in [4.69, 9.17) is 9.84 Å². The largest absolute Gasteiger partial charge is 0.481 e. The molecule has 38 heavy (non-hydrogen) atoms. The number of hydrogen-bond donors (Lipinski definition) is 3. The minimum Gasteiger partial charge on any atom is -0.481 e. The average molecular weight is 542 g/mol. The van der Waals surface area contributed by atoms with Gasteiger partial charge in [-0.1, -0.05) is 117 Å². The van der Waals surface area contributed by atoms with Crippen LogP contribution in [0.2, 0.25) is 0 Å². The molecule has 8 nitrogen and oxygen atoms in total. The van der Waals surface area contributed by atoms with Gasteiger partial charge in [-0.05, 0) is 19.3 Å². The van der Waals surface area contributed by atoms with Gasteiger partial charge in [0.1, 0.15) is 12.1 Å². The second-order valence-corrected chi connectivity index (χ2v) is 10.6. The van der Waals surface area contributed by atoms with Crippen LogP contribution in [0.3, 0.4) is 0 Å². The molecule has 0 saturated heterocycles. The molecule has 8 heteroatoms. The Labute approximate surface area is 230 Å². The minimum atomic E-state index is -1.51. The molecule has 0 radical (unpaired) electrons. The lowest BCUT2D eigenvalue weighted by Gasteiger charge is -2.19. The highest BCUT2D eigenvalue weighted by atomic mass is 16.5. The number of rotatable bonds is 27. The van der Waals surface area contributed by atoms with Crippen molar-refractivity contribution < 1.29 is 34.1 Å². The molecule has 0 aromatic rings. The number of amides is 1. The van der Waals surface area contributed by atoms with E-state index in [0.717, 1.165) is 38.5 Å². The van der Waals surface area contributed by atoms with Gasteiger partial charge >= 0.3 is 17.9 Å². The number of carbonyl (C=O) groups excluding carboxylic acids is 2. The first-order valence-corrected chi connectivity index (χ1v) is 15.2. The number of carboxylic acid groups (broad SMARTS) is 2. The summed E-state index contributed by atoms with van der Waals surface area (Å²) in [6.45, 7) is 4.41. The molecular weight excluding hydrogens is 486 g/mol. The normalized spacial score (nSPS) is 12.6. The molecule has 0 rings (SSSR count). The molecule has 0 aromatic carbocycles. The highest BCUT2D eigenvalue weighted by Gasteiger charge is 2.25. The third-order valence-corrected chi connectivity index (χ3v) is 6.84. The van der Waals surface area contributed by atoms with Gasteiger partial charge in [-0.25, -0.2) is 4.79 Å². The zero-order valence-corrected chi connectivity index (χ0v) is 24.1. The standard InChI is InChI=1S/C30H55NO7/c1-3-5-7-9-11-13-15-17-19-21-25(23-27(32)31-26(30(36)37)24-28(33)34)38-29(35)22-20-18-16-14-12-10-8-6-4-2/h25-26H,3-24H2,1-2H3,(H,31,32)(H,33,34)(H,36,37)/t25?,26-/m1/s1. The Balaban J connectivity index is 4.51. The third-order valence-electron chi connectivity index (χ3n) is 6.84. The van der Waals surface area contributed by atoms with Crippen molar-refractivity contribution in [3.8, 4) is 0 Å². The number of carbonyl (C=O) groups is 4. The smallest absolute Gasteiger partial charge is 0.326 e. The van der Waals surface area contributed by atoms with E-state index in [9.17, 15) is 24.3 Å². The molecule has 1 unspecified atom stereocenters. The zero-order valence-electron chi connectivity index (χ0n) is 24.1. The highest BCUT2D eigenvalue weighted by molar-refractivity contribution is 5.87. The lowest BCUT2D eigenvalue weighted by atomic mass is 10.0. The van der Waals surface area contributed by atoms with Crippen molar-refractivity contribution in [2.75, 3.05) is 0 Å². The monoisotopic (exact) mass is 541 g/mol. The second kappa shape index (κ2) is 25.2. The van der Waals surface area contributed by atoms with E-state index < -0.39 is 36.4 Å². The number of unbranched alkanes of at least 4 members (excludes halogenated alkanes) is 16. The molecule has 0 aliphatic heterocycles. The van der Waals surface area contributed by atoms with Crippen LogP contribution in [-0.4, -0.2) is 46.2 Å². The van der Waals surface area contributed by atoms with Gasteiger partial charge in [0.2, 0.25) is 5.91 Å². The highest BCUT2D eigenvalue weighted by Crippen LogP contribution is 2.16. The maximum Gasteiger partial charge on any atom is 0.326 e. The number of ether oxygens (including phenoxy) is 1. The van der Waals surface area contributed by atoms with Gasteiger partial charge in [0.15, 0.2) is 0 Å². The van der Waals surface area contributed by atoms with Crippen molar-refractivity contribution in [2.24, 2.45) is 0 Å². The molecule has 0 fully saturated rings. The molecular formula is C30H55NO7. The van der Waals surface area contributed by atoms with Crippen LogP contribution in [0.25, 0.3) is 0 Å². The van der Waals surface area contributed by atoms with Gasteiger partial charge in [-0.3, -0.25) is 14.4 Å². The predicted molar refractivity (Wildman–Crippen MR) is 150 cm³/mol. The second-order valence-electron chi connectivity index (χ2n) is 10.6. The number of nitrogens with one attached hydrogen (secondary N) is 1. The van der Waals surface area contributed by atoms with Crippen molar-refractivity contribution in [3.05, 3.63) is 0 Å². The Morgan fingerprint density at radius 2 is 1.08 bits per heavy atom. The van der Waals surface area contributed by atoms with Crippen LogP contribution in [0.1, 0.15) is 155 Å². The van der Waals surface area contributed by atoms with Crippen molar-refractivity contribution in [3.63, 3.8) is 0 Å². The maximum atomic E-state index is 12.5. The first-order valence-electron chi connectivity index (χ1n) is 15.2. The molecule has 0 aliphatic rings. The summed E-state index contributed by atoms with van der Waals surface area (Å²) in [5, 5.41) is 20.3. The molecule has 2 atom stereocenters. The summed E-state index contributed by atoms with van der Waals surface area (Å²) in [5.74, 6) is -3.66. The Morgan fingerprint density at radius 1 is 0.632 bits per heavy atom. The van der Waals surface area contributed by atoms with Crippen LogP contribution in [0.5, 0.6) is 0 Å². The number of hydrogen-bond acceptors (Lipinski definition) is 5. The molecule has 0 bridgehead atoms. The summed E-state index contributed by atoms with van der Waals surface area (Å²) in [6, 6.07) is -1.51. The SMILES string of the molecule is CCCCCCCCCCCC(=O)OC(CCCCCCCCCCC)CC(=O)N[C@H](CC(=O)O)C(=O)O. The summed E-state index contributed by atoms with van der Waals surface area (Å²) >= 11 is 0. The Morgan fingerprint density at radius 3 is 1.53 bits per heavy atom. The summed E-state index contributed by atoms with van der Waals surface area (Å²) in [4.78, 5) is 47.1. The van der Waals surface area contributed by atoms with E-state index in [0.29, 0.717) is 12.8 Å². The van der Waals surface area contributed by atoms with Crippen LogP contribution in [0, 0.1) is 0 Å². The van der Waals surface area contributed by atoms with Crippen LogP contribution in [0.4, 0.5) is 0 Å². The molecule has 3 N–H and O–H groups in total. The first-order chi connectivity index (χ1) is 18.3. The van der Waals surface area contributed by atoms with Gasteiger partial charge in [0.25, 0.3) is 0 Å². The predicted octanol–water partition coefficient (Wildman–Crippen LogP) is 7.17. The van der Waals surface area contributed by atoms with E-state index in [-0.39, 0.29) is 12.4 Å². The third kappa shape index (κ3) is 23.0. The van der Waals surface area contributed by atoms with Crippen LogP contribution in [0.15, 0.2) is 0 Å². The maximum absolute atomic E-state index is 12.5. The average Bonchev–Trinajstić information content (AvgIpc) is 2.85. The van der Waals surface area contributed by atoms with Crippen LogP contribution < -0.4 is 5.32 Å². The van der Waals surface area contributed by atoms with Crippen molar-refractivity contribution in [1.82, 2.24) is 5.32 Å². The summed E-state index contributed by atoms with van der Waals surface area (Å²) in [7, 11) is 0.